The lowest BCUT2D eigenvalue weighted by Crippen LogP contribution is -2.34. The summed E-state index contributed by atoms with van der Waals surface area (Å²) in [4.78, 5) is 9.07. The summed E-state index contributed by atoms with van der Waals surface area (Å²) in [5.74, 6) is 0. The fourth-order valence-corrected chi connectivity index (χ4v) is 0.496. The van der Waals surface area contributed by atoms with E-state index in [-0.39, 0.29) is 6.42 Å². The Morgan fingerprint density at radius 1 is 1.50 bits per heavy atom. The first kappa shape index (κ1) is 9.28. The van der Waals surface area contributed by atoms with Crippen LogP contribution in [0, 0.1) is 10.1 Å². The van der Waals surface area contributed by atoms with Crippen LogP contribution in [-0.2, 0) is 0 Å². The lowest BCUT2D eigenvalue weighted by molar-refractivity contribution is -0.547. The van der Waals surface area contributed by atoms with Gasteiger partial charge in [-0.15, -0.1) is 0 Å². The summed E-state index contributed by atoms with van der Waals surface area (Å²) in [6.45, 7) is -0.427. The summed E-state index contributed by atoms with van der Waals surface area (Å²) in [6.07, 6.45) is -2.24. The van der Waals surface area contributed by atoms with Gasteiger partial charge in [-0.1, -0.05) is 0 Å². The number of nitrogens with zero attached hydrogens (tertiary/aromatic N) is 1. The Labute approximate surface area is 56.9 Å². The van der Waals surface area contributed by atoms with Crippen LogP contribution in [0.5, 0.6) is 0 Å². The van der Waals surface area contributed by atoms with Crippen molar-refractivity contribution >= 4 is 0 Å². The number of hydrogen-bond acceptors (Lipinski definition) is 5. The molecule has 1 unspecified atom stereocenters. The van der Waals surface area contributed by atoms with Crippen molar-refractivity contribution in [2.24, 2.45) is 0 Å². The highest BCUT2D eigenvalue weighted by Gasteiger charge is 2.26. The average Bonchev–Trinajstić information content (AvgIpc) is 1.81. The summed E-state index contributed by atoms with van der Waals surface area (Å²) < 4.78 is 0. The van der Waals surface area contributed by atoms with E-state index in [9.17, 15) is 10.1 Å². The van der Waals surface area contributed by atoms with Crippen LogP contribution in [0.4, 0.5) is 0 Å². The van der Waals surface area contributed by atoms with E-state index in [0.717, 1.165) is 0 Å². The van der Waals surface area contributed by atoms with E-state index in [0.29, 0.717) is 0 Å². The Hall–Kier alpha value is -0.720. The maximum atomic E-state index is 9.91. The minimum Gasteiger partial charge on any atom is -0.396 e. The van der Waals surface area contributed by atoms with Gasteiger partial charge in [-0.25, -0.2) is 0 Å². The van der Waals surface area contributed by atoms with Crippen LogP contribution in [0.3, 0.4) is 0 Å². The van der Waals surface area contributed by atoms with Crippen molar-refractivity contribution in [1.82, 2.24) is 0 Å². The first-order valence-electron chi connectivity index (χ1n) is 2.70. The van der Waals surface area contributed by atoms with Crippen molar-refractivity contribution in [2.75, 3.05) is 6.61 Å². The molecule has 0 amide bonds. The van der Waals surface area contributed by atoms with Crippen molar-refractivity contribution < 1.29 is 20.2 Å². The zero-order chi connectivity index (χ0) is 8.15. The average molecular weight is 151 g/mol. The number of nitro groups is 1. The van der Waals surface area contributed by atoms with Crippen LogP contribution in [0.15, 0.2) is 0 Å². The van der Waals surface area contributed by atoms with Gasteiger partial charge in [0.2, 0.25) is 6.29 Å². The highest BCUT2D eigenvalue weighted by atomic mass is 16.6. The summed E-state index contributed by atoms with van der Waals surface area (Å²) in [5.41, 5.74) is 0. The van der Waals surface area contributed by atoms with E-state index in [4.69, 9.17) is 15.3 Å². The second-order valence-electron chi connectivity index (χ2n) is 1.78. The molecular weight excluding hydrogens is 142 g/mol. The van der Waals surface area contributed by atoms with Gasteiger partial charge in [-0.05, 0) is 0 Å². The SMILES string of the molecule is O=[N+]([O-])C(CCO)C(O)O. The monoisotopic (exact) mass is 151 g/mol. The molecule has 0 heterocycles. The largest absolute Gasteiger partial charge is 0.396 e. The van der Waals surface area contributed by atoms with Crippen LogP contribution in [-0.4, -0.2) is 39.2 Å². The number of aliphatic hydroxyl groups is 3. The smallest absolute Gasteiger partial charge is 0.264 e. The van der Waals surface area contributed by atoms with E-state index in [1.807, 2.05) is 0 Å². The van der Waals surface area contributed by atoms with Gasteiger partial charge in [0.05, 0.1) is 0 Å². The Kier molecular flexibility index (Phi) is 3.85. The number of rotatable bonds is 4. The predicted octanol–water partition coefficient (Wildman–Crippen LogP) is -1.68. The fourth-order valence-electron chi connectivity index (χ4n) is 0.496. The van der Waals surface area contributed by atoms with Gasteiger partial charge in [-0.3, -0.25) is 10.1 Å². The van der Waals surface area contributed by atoms with E-state index in [2.05, 4.69) is 0 Å². The minimum absolute atomic E-state index is 0.245. The molecule has 0 aliphatic heterocycles. The number of aliphatic hydroxyl groups excluding tert-OH is 2. The van der Waals surface area contributed by atoms with Crippen LogP contribution in [0.2, 0.25) is 0 Å². The maximum absolute atomic E-state index is 9.91. The molecule has 0 aromatic carbocycles. The van der Waals surface area contributed by atoms with Gasteiger partial charge < -0.3 is 15.3 Å². The van der Waals surface area contributed by atoms with Crippen LogP contribution >= 0.6 is 0 Å². The standard InChI is InChI=1S/C4H9NO5/c6-2-1-3(4(7)8)5(9)10/h3-4,6-8H,1-2H2. The zero-order valence-corrected chi connectivity index (χ0v) is 5.17. The van der Waals surface area contributed by atoms with Gasteiger partial charge in [0.25, 0.3) is 6.04 Å². The molecule has 0 saturated heterocycles. The molecule has 0 bridgehead atoms. The quantitative estimate of drug-likeness (QED) is 0.253. The van der Waals surface area contributed by atoms with Crippen molar-refractivity contribution in [1.29, 1.82) is 0 Å². The molecule has 0 rings (SSSR count). The molecule has 0 spiro atoms. The molecule has 0 fully saturated rings. The molecule has 6 nitrogen and oxygen atoms in total. The van der Waals surface area contributed by atoms with E-state index < -0.39 is 23.9 Å². The molecule has 0 saturated carbocycles. The molecule has 3 N–H and O–H groups in total. The zero-order valence-electron chi connectivity index (χ0n) is 5.17. The molecule has 0 aliphatic rings. The van der Waals surface area contributed by atoms with Crippen LogP contribution < -0.4 is 0 Å². The molecule has 0 aromatic rings. The second kappa shape index (κ2) is 4.15. The lowest BCUT2D eigenvalue weighted by atomic mass is 10.2. The van der Waals surface area contributed by atoms with Crippen LogP contribution in [0.1, 0.15) is 6.42 Å². The molecule has 0 aromatic heterocycles. The number of hydrogen-bond donors (Lipinski definition) is 3. The van der Waals surface area contributed by atoms with Gasteiger partial charge in [0, 0.05) is 18.0 Å². The van der Waals surface area contributed by atoms with Crippen molar-refractivity contribution in [2.45, 2.75) is 18.8 Å². The molecule has 0 aliphatic carbocycles. The second-order valence-corrected chi connectivity index (χ2v) is 1.78. The normalized spacial score (nSPS) is 13.6. The van der Waals surface area contributed by atoms with E-state index in [1.165, 1.54) is 0 Å². The molecule has 10 heavy (non-hydrogen) atoms. The highest BCUT2D eigenvalue weighted by Crippen LogP contribution is 1.99. The third-order valence-corrected chi connectivity index (χ3v) is 1.04. The molecule has 0 radical (unpaired) electrons. The first-order valence-corrected chi connectivity index (χ1v) is 2.70. The topological polar surface area (TPSA) is 104 Å². The highest BCUT2D eigenvalue weighted by molar-refractivity contribution is 4.56. The van der Waals surface area contributed by atoms with Crippen LogP contribution in [0.25, 0.3) is 0 Å². The molecule has 6 heteroatoms. The molecule has 1 atom stereocenters. The van der Waals surface area contributed by atoms with Crippen molar-refractivity contribution in [3.05, 3.63) is 10.1 Å². The Morgan fingerprint density at radius 2 is 2.00 bits per heavy atom. The summed E-state index contributed by atoms with van der Waals surface area (Å²) in [6, 6.07) is -1.48. The Balaban J connectivity index is 3.85. The molecular formula is C4H9NO5. The Bertz CT molecular complexity index is 114. The summed E-state index contributed by atoms with van der Waals surface area (Å²) in [5, 5.41) is 34.7. The third kappa shape index (κ3) is 2.72. The summed E-state index contributed by atoms with van der Waals surface area (Å²) >= 11 is 0. The minimum atomic E-state index is -2.00. The Morgan fingerprint density at radius 3 is 2.10 bits per heavy atom. The lowest BCUT2D eigenvalue weighted by Gasteiger charge is -2.08. The van der Waals surface area contributed by atoms with Crippen molar-refractivity contribution in [3.8, 4) is 0 Å². The van der Waals surface area contributed by atoms with E-state index in [1.54, 1.807) is 0 Å². The predicted molar refractivity (Wildman–Crippen MR) is 30.7 cm³/mol. The fraction of sp³-hybridized carbons (Fsp3) is 1.00. The van der Waals surface area contributed by atoms with Gasteiger partial charge >= 0.3 is 0 Å². The molecule has 60 valence electrons. The van der Waals surface area contributed by atoms with Gasteiger partial charge in [0.1, 0.15) is 0 Å². The maximum Gasteiger partial charge on any atom is 0.264 e. The van der Waals surface area contributed by atoms with E-state index >= 15 is 0 Å². The summed E-state index contributed by atoms with van der Waals surface area (Å²) in [7, 11) is 0. The van der Waals surface area contributed by atoms with Crippen molar-refractivity contribution in [3.63, 3.8) is 0 Å². The van der Waals surface area contributed by atoms with Gasteiger partial charge in [-0.2, -0.15) is 0 Å². The first-order chi connectivity index (χ1) is 4.59. The third-order valence-electron chi connectivity index (χ3n) is 1.04. The van der Waals surface area contributed by atoms with Gasteiger partial charge in [0.15, 0.2) is 0 Å².